The van der Waals surface area contributed by atoms with Crippen LogP contribution in [0.2, 0.25) is 56.5 Å². The molecule has 1 rings (SSSR count). The normalized spacial score (nSPS) is 27.2. The second-order valence-corrected chi connectivity index (χ2v) is 18.7. The van der Waals surface area contributed by atoms with Gasteiger partial charge in [0.25, 0.3) is 0 Å². The van der Waals surface area contributed by atoms with Crippen LogP contribution in [0.4, 0.5) is 0 Å². The van der Waals surface area contributed by atoms with Crippen molar-refractivity contribution in [3.8, 4) is 0 Å². The molecule has 16 heavy (non-hydrogen) atoms. The third kappa shape index (κ3) is 3.13. The van der Waals surface area contributed by atoms with Crippen molar-refractivity contribution in [3.63, 3.8) is 0 Å². The Hall–Kier alpha value is 0.239. The van der Waals surface area contributed by atoms with Gasteiger partial charge in [-0.2, -0.15) is 0 Å². The molecule has 1 fully saturated rings. The van der Waals surface area contributed by atoms with Crippen LogP contribution < -0.4 is 0 Å². The molecule has 1 aliphatic heterocycles. The van der Waals surface area contributed by atoms with Gasteiger partial charge in [0, 0.05) is 16.1 Å². The van der Waals surface area contributed by atoms with Crippen molar-refractivity contribution in [2.45, 2.75) is 69.3 Å². The standard InChI is InChI=1S/C13H29BSi2/c1-8-11-14-12(15(2,3)4)9-10-13(14)16(5,6)7/h8,12-13H,1,9-11H2,2-7H3/t12-,13-/m1/s1. The Bertz CT molecular complexity index is 228. The van der Waals surface area contributed by atoms with Gasteiger partial charge in [-0.1, -0.05) is 75.4 Å². The first-order valence-electron chi connectivity index (χ1n) is 6.79. The molecule has 0 aromatic rings. The van der Waals surface area contributed by atoms with Gasteiger partial charge in [0.05, 0.1) is 0 Å². The Balaban J connectivity index is 2.89. The maximum atomic E-state index is 3.99. The Kier molecular flexibility index (Phi) is 4.33. The fraction of sp³-hybridized carbons (Fsp3) is 0.846. The van der Waals surface area contributed by atoms with Gasteiger partial charge < -0.3 is 0 Å². The van der Waals surface area contributed by atoms with E-state index in [0.29, 0.717) is 0 Å². The van der Waals surface area contributed by atoms with E-state index in [2.05, 4.69) is 51.9 Å². The molecule has 0 aromatic heterocycles. The summed E-state index contributed by atoms with van der Waals surface area (Å²) in [5.41, 5.74) is 2.09. The van der Waals surface area contributed by atoms with Crippen LogP contribution in [0, 0.1) is 0 Å². The van der Waals surface area contributed by atoms with E-state index in [1.165, 1.54) is 19.2 Å². The van der Waals surface area contributed by atoms with Gasteiger partial charge in [-0.25, -0.2) is 0 Å². The molecular weight excluding hydrogens is 223 g/mol. The quantitative estimate of drug-likeness (QED) is 0.490. The van der Waals surface area contributed by atoms with E-state index >= 15 is 0 Å². The van der Waals surface area contributed by atoms with Crippen LogP contribution in [0.1, 0.15) is 12.8 Å². The highest BCUT2D eigenvalue weighted by molar-refractivity contribution is 6.98. The van der Waals surface area contributed by atoms with E-state index in [-0.39, 0.29) is 0 Å². The topological polar surface area (TPSA) is 0 Å². The maximum absolute atomic E-state index is 3.99. The van der Waals surface area contributed by atoms with Crippen LogP contribution in [0.15, 0.2) is 12.7 Å². The molecule has 1 aliphatic rings. The summed E-state index contributed by atoms with van der Waals surface area (Å²) in [6.07, 6.45) is 6.45. The van der Waals surface area contributed by atoms with Gasteiger partial charge in [-0.05, 0) is 0 Å². The molecular formula is C13H29BSi2. The van der Waals surface area contributed by atoms with Gasteiger partial charge in [0.2, 0.25) is 0 Å². The summed E-state index contributed by atoms with van der Waals surface area (Å²) in [5.74, 6) is 0. The summed E-state index contributed by atoms with van der Waals surface area (Å²) in [4.78, 5) is 0. The molecule has 0 N–H and O–H groups in total. The van der Waals surface area contributed by atoms with Crippen LogP contribution in [0.5, 0.6) is 0 Å². The third-order valence-electron chi connectivity index (χ3n) is 4.49. The van der Waals surface area contributed by atoms with Crippen molar-refractivity contribution < 1.29 is 0 Å². The molecule has 0 aromatic carbocycles. The molecule has 0 aliphatic carbocycles. The summed E-state index contributed by atoms with van der Waals surface area (Å²) < 4.78 is 0. The fourth-order valence-corrected chi connectivity index (χ4v) is 9.30. The van der Waals surface area contributed by atoms with Crippen molar-refractivity contribution in [2.24, 2.45) is 0 Å². The average Bonchev–Trinajstić information content (AvgIpc) is 2.46. The Morgan fingerprint density at radius 3 is 1.62 bits per heavy atom. The lowest BCUT2D eigenvalue weighted by Crippen LogP contribution is -2.42. The van der Waals surface area contributed by atoms with Crippen LogP contribution in [-0.2, 0) is 0 Å². The number of allylic oxidation sites excluding steroid dienone is 1. The smallest absolute Gasteiger partial charge is 0.104 e. The van der Waals surface area contributed by atoms with Crippen molar-refractivity contribution >= 4 is 22.9 Å². The molecule has 0 unspecified atom stereocenters. The lowest BCUT2D eigenvalue weighted by atomic mass is 9.45. The van der Waals surface area contributed by atoms with Crippen LogP contribution in [0.25, 0.3) is 0 Å². The zero-order valence-corrected chi connectivity index (χ0v) is 14.1. The highest BCUT2D eigenvalue weighted by atomic mass is 28.3. The third-order valence-corrected chi connectivity index (χ3v) is 10.4. The zero-order valence-electron chi connectivity index (χ0n) is 12.1. The molecule has 1 heterocycles. The second-order valence-electron chi connectivity index (χ2n) is 7.71. The number of rotatable bonds is 4. The molecule has 2 atom stereocenters. The van der Waals surface area contributed by atoms with Crippen molar-refractivity contribution in [2.75, 3.05) is 0 Å². The summed E-state index contributed by atoms with van der Waals surface area (Å²) in [5, 5.41) is 0. The fourth-order valence-electron chi connectivity index (χ4n) is 3.74. The molecule has 92 valence electrons. The zero-order chi connectivity index (χ0) is 12.6. The Morgan fingerprint density at radius 2 is 1.38 bits per heavy atom. The van der Waals surface area contributed by atoms with E-state index < -0.39 is 16.1 Å². The predicted octanol–water partition coefficient (Wildman–Crippen LogP) is 4.96. The first kappa shape index (κ1) is 14.3. The molecule has 0 radical (unpaired) electrons. The van der Waals surface area contributed by atoms with Crippen molar-refractivity contribution in [1.82, 2.24) is 0 Å². The first-order chi connectivity index (χ1) is 7.18. The van der Waals surface area contributed by atoms with Crippen molar-refractivity contribution in [3.05, 3.63) is 12.7 Å². The van der Waals surface area contributed by atoms with Crippen LogP contribution in [-0.4, -0.2) is 22.9 Å². The van der Waals surface area contributed by atoms with Gasteiger partial charge in [0.15, 0.2) is 0 Å². The van der Waals surface area contributed by atoms with Crippen LogP contribution >= 0.6 is 0 Å². The molecule has 0 bridgehead atoms. The van der Waals surface area contributed by atoms with E-state index in [0.717, 1.165) is 17.6 Å². The van der Waals surface area contributed by atoms with Gasteiger partial charge in [-0.3, -0.25) is 0 Å². The lowest BCUT2D eigenvalue weighted by Gasteiger charge is -2.34. The minimum atomic E-state index is -0.971. The van der Waals surface area contributed by atoms with E-state index in [1.54, 1.807) is 0 Å². The SMILES string of the molecule is C=CCB1[C@H]([Si](C)(C)C)CC[C@H]1[Si](C)(C)C. The number of hydrogen-bond acceptors (Lipinski definition) is 0. The lowest BCUT2D eigenvalue weighted by molar-refractivity contribution is 0.853. The molecule has 0 saturated carbocycles. The molecule has 0 spiro atoms. The minimum Gasteiger partial charge on any atom is -0.104 e. The number of hydrogen-bond donors (Lipinski definition) is 0. The first-order valence-corrected chi connectivity index (χ1v) is 13.9. The second kappa shape index (κ2) is 4.85. The van der Waals surface area contributed by atoms with E-state index in [1.807, 2.05) is 0 Å². The predicted molar refractivity (Wildman–Crippen MR) is 84.2 cm³/mol. The largest absolute Gasteiger partial charge is 0.144 e. The minimum absolute atomic E-state index is 0.968. The van der Waals surface area contributed by atoms with Crippen LogP contribution in [0.3, 0.4) is 0 Å². The molecule has 0 nitrogen and oxygen atoms in total. The van der Waals surface area contributed by atoms with E-state index in [4.69, 9.17) is 0 Å². The monoisotopic (exact) mass is 252 g/mol. The Morgan fingerprint density at radius 1 is 1.00 bits per heavy atom. The summed E-state index contributed by atoms with van der Waals surface area (Å²) in [6.45, 7) is 20.3. The summed E-state index contributed by atoms with van der Waals surface area (Å²) >= 11 is 0. The molecule has 0 amide bonds. The maximum Gasteiger partial charge on any atom is 0.144 e. The average molecular weight is 252 g/mol. The van der Waals surface area contributed by atoms with E-state index in [9.17, 15) is 0 Å². The Labute approximate surface area is 105 Å². The highest BCUT2D eigenvalue weighted by Crippen LogP contribution is 2.49. The highest BCUT2D eigenvalue weighted by Gasteiger charge is 2.48. The summed E-state index contributed by atoms with van der Waals surface area (Å²) in [7, 11) is -1.94. The summed E-state index contributed by atoms with van der Waals surface area (Å²) in [6, 6.07) is 0. The van der Waals surface area contributed by atoms with Gasteiger partial charge in [0.1, 0.15) is 6.71 Å². The molecule has 1 saturated heterocycles. The van der Waals surface area contributed by atoms with Crippen molar-refractivity contribution in [1.29, 1.82) is 0 Å². The van der Waals surface area contributed by atoms with Gasteiger partial charge >= 0.3 is 0 Å². The molecule has 3 heteroatoms. The van der Waals surface area contributed by atoms with Gasteiger partial charge in [-0.15, -0.1) is 6.58 Å².